The third-order valence-corrected chi connectivity index (χ3v) is 2.15. The van der Waals surface area contributed by atoms with Gasteiger partial charge >= 0.3 is 0 Å². The molecule has 1 rings (SSSR count). The van der Waals surface area contributed by atoms with Gasteiger partial charge in [0, 0.05) is 6.04 Å². The second-order valence-corrected chi connectivity index (χ2v) is 3.08. The van der Waals surface area contributed by atoms with Gasteiger partial charge in [-0.15, -0.1) is 0 Å². The Labute approximate surface area is 89.2 Å². The minimum Gasteiger partial charge on any atom is -0.493 e. The maximum Gasteiger partial charge on any atom is 0.161 e. The van der Waals surface area contributed by atoms with Crippen LogP contribution in [-0.2, 0) is 0 Å². The van der Waals surface area contributed by atoms with Crippen LogP contribution in [0, 0.1) is 11.3 Å². The number of ether oxygens (including phenoxy) is 2. The zero-order chi connectivity index (χ0) is 11.3. The minimum atomic E-state index is -0.283. The van der Waals surface area contributed by atoms with E-state index < -0.39 is 0 Å². The monoisotopic (exact) mass is 206 g/mol. The Morgan fingerprint density at radius 1 is 1.33 bits per heavy atom. The summed E-state index contributed by atoms with van der Waals surface area (Å²) in [6.45, 7) is 0. The molecule has 0 heterocycles. The number of benzene rings is 1. The number of rotatable bonds is 4. The Kier molecular flexibility index (Phi) is 3.95. The van der Waals surface area contributed by atoms with Crippen LogP contribution in [0.5, 0.6) is 11.5 Å². The SMILES string of the molecule is COc1ccc(C(N)CC#N)cc1OC. The fraction of sp³-hybridized carbons (Fsp3) is 0.364. The molecule has 0 radical (unpaired) electrons. The zero-order valence-electron chi connectivity index (χ0n) is 8.86. The van der Waals surface area contributed by atoms with Crippen LogP contribution in [0.4, 0.5) is 0 Å². The van der Waals surface area contributed by atoms with Crippen LogP contribution in [0.3, 0.4) is 0 Å². The summed E-state index contributed by atoms with van der Waals surface area (Å²) in [6, 6.07) is 7.16. The van der Waals surface area contributed by atoms with Crippen LogP contribution in [0.2, 0.25) is 0 Å². The average Bonchev–Trinajstić information content (AvgIpc) is 2.28. The fourth-order valence-electron chi connectivity index (χ4n) is 1.30. The van der Waals surface area contributed by atoms with Gasteiger partial charge in [0.15, 0.2) is 11.5 Å². The predicted molar refractivity (Wildman–Crippen MR) is 56.7 cm³/mol. The van der Waals surface area contributed by atoms with Crippen molar-refractivity contribution in [3.63, 3.8) is 0 Å². The van der Waals surface area contributed by atoms with Crippen molar-refractivity contribution >= 4 is 0 Å². The van der Waals surface area contributed by atoms with Gasteiger partial charge in [-0.1, -0.05) is 6.07 Å². The molecule has 0 amide bonds. The summed E-state index contributed by atoms with van der Waals surface area (Å²) < 4.78 is 10.2. The van der Waals surface area contributed by atoms with E-state index in [9.17, 15) is 0 Å². The average molecular weight is 206 g/mol. The van der Waals surface area contributed by atoms with Gasteiger partial charge in [-0.2, -0.15) is 5.26 Å². The summed E-state index contributed by atoms with van der Waals surface area (Å²) in [5, 5.41) is 8.54. The minimum absolute atomic E-state index is 0.283. The van der Waals surface area contributed by atoms with Crippen LogP contribution >= 0.6 is 0 Å². The van der Waals surface area contributed by atoms with Crippen LogP contribution in [0.15, 0.2) is 18.2 Å². The number of hydrogen-bond donors (Lipinski definition) is 1. The Morgan fingerprint density at radius 3 is 2.53 bits per heavy atom. The summed E-state index contributed by atoms with van der Waals surface area (Å²) in [6.07, 6.45) is 0.287. The first-order chi connectivity index (χ1) is 7.22. The molecule has 1 unspecified atom stereocenters. The quantitative estimate of drug-likeness (QED) is 0.812. The van der Waals surface area contributed by atoms with Gasteiger partial charge in [0.05, 0.1) is 26.7 Å². The Morgan fingerprint density at radius 2 is 2.00 bits per heavy atom. The molecule has 0 aliphatic heterocycles. The molecule has 0 saturated carbocycles. The molecule has 1 aromatic carbocycles. The van der Waals surface area contributed by atoms with Gasteiger partial charge in [-0.3, -0.25) is 0 Å². The van der Waals surface area contributed by atoms with Crippen LogP contribution in [0.25, 0.3) is 0 Å². The van der Waals surface area contributed by atoms with Crippen molar-refractivity contribution in [3.05, 3.63) is 23.8 Å². The van der Waals surface area contributed by atoms with E-state index >= 15 is 0 Å². The van der Waals surface area contributed by atoms with Crippen molar-refractivity contribution in [2.75, 3.05) is 14.2 Å². The Hall–Kier alpha value is -1.73. The van der Waals surface area contributed by atoms with E-state index in [1.165, 1.54) is 0 Å². The van der Waals surface area contributed by atoms with Gasteiger partial charge in [0.1, 0.15) is 0 Å². The standard InChI is InChI=1S/C11H14N2O2/c1-14-10-4-3-8(7-11(10)15-2)9(13)5-6-12/h3-4,7,9H,5,13H2,1-2H3. The molecule has 0 bridgehead atoms. The summed E-state index contributed by atoms with van der Waals surface area (Å²) in [7, 11) is 3.14. The molecule has 80 valence electrons. The summed E-state index contributed by atoms with van der Waals surface area (Å²) >= 11 is 0. The molecule has 0 spiro atoms. The lowest BCUT2D eigenvalue weighted by Gasteiger charge is -2.12. The summed E-state index contributed by atoms with van der Waals surface area (Å²) in [5.74, 6) is 1.29. The van der Waals surface area contributed by atoms with Crippen molar-refractivity contribution < 1.29 is 9.47 Å². The van der Waals surface area contributed by atoms with E-state index in [4.69, 9.17) is 20.5 Å². The Bertz CT molecular complexity index is 371. The van der Waals surface area contributed by atoms with E-state index in [0.29, 0.717) is 11.5 Å². The molecule has 1 atom stereocenters. The maximum absolute atomic E-state index is 8.54. The molecule has 2 N–H and O–H groups in total. The highest BCUT2D eigenvalue weighted by molar-refractivity contribution is 5.43. The molecule has 4 nitrogen and oxygen atoms in total. The molecular weight excluding hydrogens is 192 g/mol. The highest BCUT2D eigenvalue weighted by atomic mass is 16.5. The smallest absolute Gasteiger partial charge is 0.161 e. The molecule has 0 aromatic heterocycles. The van der Waals surface area contributed by atoms with E-state index in [1.54, 1.807) is 26.4 Å². The van der Waals surface area contributed by atoms with Crippen LogP contribution in [-0.4, -0.2) is 14.2 Å². The topological polar surface area (TPSA) is 68.3 Å². The zero-order valence-corrected chi connectivity index (χ0v) is 8.86. The van der Waals surface area contributed by atoms with Crippen molar-refractivity contribution in [2.24, 2.45) is 5.73 Å². The molecule has 0 aliphatic rings. The van der Waals surface area contributed by atoms with Crippen LogP contribution < -0.4 is 15.2 Å². The highest BCUT2D eigenvalue weighted by Crippen LogP contribution is 2.29. The largest absolute Gasteiger partial charge is 0.493 e. The lowest BCUT2D eigenvalue weighted by Crippen LogP contribution is -2.09. The number of nitrogens with zero attached hydrogens (tertiary/aromatic N) is 1. The summed E-state index contributed by atoms with van der Waals surface area (Å²) in [5.41, 5.74) is 6.67. The first kappa shape index (κ1) is 11.3. The van der Waals surface area contributed by atoms with Crippen molar-refractivity contribution in [2.45, 2.75) is 12.5 Å². The van der Waals surface area contributed by atoms with Gasteiger partial charge < -0.3 is 15.2 Å². The maximum atomic E-state index is 8.54. The normalized spacial score (nSPS) is 11.6. The van der Waals surface area contributed by atoms with E-state index in [0.717, 1.165) is 5.56 Å². The third kappa shape index (κ3) is 2.61. The van der Waals surface area contributed by atoms with Gasteiger partial charge in [0.2, 0.25) is 0 Å². The van der Waals surface area contributed by atoms with Crippen molar-refractivity contribution in [1.29, 1.82) is 5.26 Å². The second-order valence-electron chi connectivity index (χ2n) is 3.08. The van der Waals surface area contributed by atoms with Crippen molar-refractivity contribution in [1.82, 2.24) is 0 Å². The van der Waals surface area contributed by atoms with Crippen LogP contribution in [0.1, 0.15) is 18.0 Å². The van der Waals surface area contributed by atoms with Gasteiger partial charge in [-0.05, 0) is 17.7 Å². The number of hydrogen-bond acceptors (Lipinski definition) is 4. The third-order valence-electron chi connectivity index (χ3n) is 2.15. The first-order valence-corrected chi connectivity index (χ1v) is 4.57. The molecule has 1 aromatic rings. The fourth-order valence-corrected chi connectivity index (χ4v) is 1.30. The highest BCUT2D eigenvalue weighted by Gasteiger charge is 2.09. The van der Waals surface area contributed by atoms with E-state index in [-0.39, 0.29) is 12.5 Å². The molecule has 4 heteroatoms. The number of methoxy groups -OCH3 is 2. The molecular formula is C11H14N2O2. The number of nitriles is 1. The van der Waals surface area contributed by atoms with Gasteiger partial charge in [-0.25, -0.2) is 0 Å². The lowest BCUT2D eigenvalue weighted by atomic mass is 10.0. The molecule has 0 fully saturated rings. The van der Waals surface area contributed by atoms with E-state index in [2.05, 4.69) is 0 Å². The molecule has 0 aliphatic carbocycles. The predicted octanol–water partition coefficient (Wildman–Crippen LogP) is 1.62. The molecule has 0 saturated heterocycles. The Balaban J connectivity index is 2.98. The number of nitrogens with two attached hydrogens (primary N) is 1. The van der Waals surface area contributed by atoms with Crippen molar-refractivity contribution in [3.8, 4) is 17.6 Å². The summed E-state index contributed by atoms with van der Waals surface area (Å²) in [4.78, 5) is 0. The lowest BCUT2D eigenvalue weighted by molar-refractivity contribution is 0.354. The van der Waals surface area contributed by atoms with Gasteiger partial charge in [0.25, 0.3) is 0 Å². The first-order valence-electron chi connectivity index (χ1n) is 4.57. The van der Waals surface area contributed by atoms with E-state index in [1.807, 2.05) is 12.1 Å². The second kappa shape index (κ2) is 5.23. The molecule has 15 heavy (non-hydrogen) atoms.